The number of hydrogen-bond acceptors (Lipinski definition) is 3. The third-order valence-corrected chi connectivity index (χ3v) is 4.29. The Morgan fingerprint density at radius 2 is 2.06 bits per heavy atom. The zero-order chi connectivity index (χ0) is 12.0. The fourth-order valence-corrected chi connectivity index (χ4v) is 3.14. The molecule has 1 aliphatic heterocycles. The number of ether oxygens (including phenoxy) is 2. The van der Waals surface area contributed by atoms with Crippen molar-refractivity contribution in [2.75, 3.05) is 13.2 Å². The standard InChI is InChI=1S/C13H15BrO3/c1-2-8-9(13(15)3-4-13)7-10-12(11(8)14)17-6-5-16-10/h7,15H,2-6H2,1H3. The van der Waals surface area contributed by atoms with Crippen molar-refractivity contribution in [1.82, 2.24) is 0 Å². The van der Waals surface area contributed by atoms with Gasteiger partial charge < -0.3 is 14.6 Å². The largest absolute Gasteiger partial charge is 0.486 e. The Bertz CT molecular complexity index is 466. The molecular weight excluding hydrogens is 284 g/mol. The van der Waals surface area contributed by atoms with Gasteiger partial charge in [-0.25, -0.2) is 0 Å². The number of halogens is 1. The number of hydrogen-bond donors (Lipinski definition) is 1. The van der Waals surface area contributed by atoms with Crippen LogP contribution < -0.4 is 9.47 Å². The average Bonchev–Trinajstić information content (AvgIpc) is 3.08. The van der Waals surface area contributed by atoms with Crippen molar-refractivity contribution in [3.63, 3.8) is 0 Å². The molecule has 92 valence electrons. The van der Waals surface area contributed by atoms with Crippen molar-refractivity contribution in [3.05, 3.63) is 21.7 Å². The number of benzene rings is 1. The average molecular weight is 299 g/mol. The van der Waals surface area contributed by atoms with E-state index in [9.17, 15) is 5.11 Å². The summed E-state index contributed by atoms with van der Waals surface area (Å²) in [6.07, 6.45) is 2.55. The Balaban J connectivity index is 2.18. The molecule has 1 aromatic carbocycles. The Morgan fingerprint density at radius 1 is 1.35 bits per heavy atom. The van der Waals surface area contributed by atoms with Gasteiger partial charge >= 0.3 is 0 Å². The Kier molecular flexibility index (Phi) is 2.60. The minimum atomic E-state index is -0.635. The maximum Gasteiger partial charge on any atom is 0.175 e. The zero-order valence-electron chi connectivity index (χ0n) is 9.75. The molecule has 1 aromatic rings. The normalized spacial score (nSPS) is 20.2. The van der Waals surface area contributed by atoms with Crippen molar-refractivity contribution in [2.24, 2.45) is 0 Å². The van der Waals surface area contributed by atoms with E-state index < -0.39 is 5.60 Å². The lowest BCUT2D eigenvalue weighted by molar-refractivity contribution is 0.145. The van der Waals surface area contributed by atoms with Gasteiger partial charge in [0.1, 0.15) is 13.2 Å². The zero-order valence-corrected chi connectivity index (χ0v) is 11.3. The first-order chi connectivity index (χ1) is 8.15. The van der Waals surface area contributed by atoms with Crippen LogP contribution in [0.15, 0.2) is 10.5 Å². The molecule has 0 radical (unpaired) electrons. The topological polar surface area (TPSA) is 38.7 Å². The van der Waals surface area contributed by atoms with Crippen LogP contribution in [0.4, 0.5) is 0 Å². The molecule has 0 atom stereocenters. The van der Waals surface area contributed by atoms with Crippen molar-refractivity contribution < 1.29 is 14.6 Å². The maximum absolute atomic E-state index is 10.3. The van der Waals surface area contributed by atoms with Crippen LogP contribution in [0.5, 0.6) is 11.5 Å². The van der Waals surface area contributed by atoms with E-state index in [0.717, 1.165) is 46.4 Å². The third-order valence-electron chi connectivity index (χ3n) is 3.45. The summed E-state index contributed by atoms with van der Waals surface area (Å²) >= 11 is 3.58. The minimum absolute atomic E-state index is 0.572. The second-order valence-electron chi connectivity index (χ2n) is 4.63. The quantitative estimate of drug-likeness (QED) is 0.912. The minimum Gasteiger partial charge on any atom is -0.486 e. The number of aliphatic hydroxyl groups is 1. The smallest absolute Gasteiger partial charge is 0.175 e. The van der Waals surface area contributed by atoms with Gasteiger partial charge in [-0.3, -0.25) is 0 Å². The van der Waals surface area contributed by atoms with E-state index in [4.69, 9.17) is 9.47 Å². The first kappa shape index (κ1) is 11.4. The first-order valence-corrected chi connectivity index (χ1v) is 6.79. The van der Waals surface area contributed by atoms with Crippen LogP contribution in [-0.2, 0) is 12.0 Å². The van der Waals surface area contributed by atoms with E-state index in [-0.39, 0.29) is 0 Å². The predicted molar refractivity (Wildman–Crippen MR) is 67.6 cm³/mol. The van der Waals surface area contributed by atoms with Gasteiger partial charge in [-0.05, 0) is 52.4 Å². The summed E-state index contributed by atoms with van der Waals surface area (Å²) < 4.78 is 12.2. The van der Waals surface area contributed by atoms with Crippen LogP contribution in [0.25, 0.3) is 0 Å². The molecule has 0 amide bonds. The summed E-state index contributed by atoms with van der Waals surface area (Å²) in [6, 6.07) is 1.95. The molecule has 17 heavy (non-hydrogen) atoms. The van der Waals surface area contributed by atoms with Crippen LogP contribution in [0.3, 0.4) is 0 Å². The van der Waals surface area contributed by atoms with E-state index >= 15 is 0 Å². The second kappa shape index (κ2) is 3.89. The highest BCUT2D eigenvalue weighted by Crippen LogP contribution is 2.52. The molecule has 0 spiro atoms. The lowest BCUT2D eigenvalue weighted by Gasteiger charge is -2.24. The van der Waals surface area contributed by atoms with Crippen molar-refractivity contribution in [1.29, 1.82) is 0 Å². The molecule has 0 saturated heterocycles. The molecule has 0 bridgehead atoms. The molecular formula is C13H15BrO3. The van der Waals surface area contributed by atoms with Crippen molar-refractivity contribution in [2.45, 2.75) is 31.8 Å². The molecule has 3 rings (SSSR count). The summed E-state index contributed by atoms with van der Waals surface area (Å²) in [7, 11) is 0. The molecule has 3 nitrogen and oxygen atoms in total. The molecule has 0 aromatic heterocycles. The van der Waals surface area contributed by atoms with Gasteiger partial charge in [0, 0.05) is 0 Å². The SMILES string of the molecule is CCc1c(C2(O)CC2)cc2c(c1Br)OCCO2. The van der Waals surface area contributed by atoms with Crippen LogP contribution in [-0.4, -0.2) is 18.3 Å². The molecule has 1 aliphatic carbocycles. The van der Waals surface area contributed by atoms with Crippen molar-refractivity contribution in [3.8, 4) is 11.5 Å². The van der Waals surface area contributed by atoms with E-state index in [2.05, 4.69) is 22.9 Å². The number of fused-ring (bicyclic) bond motifs is 1. The highest BCUT2D eigenvalue weighted by molar-refractivity contribution is 9.10. The lowest BCUT2D eigenvalue weighted by Crippen LogP contribution is -2.18. The Labute approximate surface area is 109 Å². The monoisotopic (exact) mass is 298 g/mol. The fraction of sp³-hybridized carbons (Fsp3) is 0.538. The molecule has 2 aliphatic rings. The predicted octanol–water partition coefficient (Wildman–Crippen LogP) is 2.76. The molecule has 1 heterocycles. The molecule has 1 saturated carbocycles. The van der Waals surface area contributed by atoms with Gasteiger partial charge in [0.15, 0.2) is 11.5 Å². The lowest BCUT2D eigenvalue weighted by atomic mass is 9.97. The van der Waals surface area contributed by atoms with Gasteiger partial charge in [0.05, 0.1) is 10.1 Å². The second-order valence-corrected chi connectivity index (χ2v) is 5.42. The van der Waals surface area contributed by atoms with Gasteiger partial charge in [-0.2, -0.15) is 0 Å². The van der Waals surface area contributed by atoms with E-state index in [1.165, 1.54) is 0 Å². The molecule has 4 heteroatoms. The van der Waals surface area contributed by atoms with E-state index in [0.29, 0.717) is 13.2 Å². The van der Waals surface area contributed by atoms with Gasteiger partial charge in [-0.1, -0.05) is 6.92 Å². The van der Waals surface area contributed by atoms with Crippen LogP contribution >= 0.6 is 15.9 Å². The summed E-state index contributed by atoms with van der Waals surface area (Å²) in [6.45, 7) is 3.24. The Hall–Kier alpha value is -0.740. The van der Waals surface area contributed by atoms with Gasteiger partial charge in [0.2, 0.25) is 0 Å². The fourth-order valence-electron chi connectivity index (χ4n) is 2.33. The van der Waals surface area contributed by atoms with Crippen LogP contribution in [0.2, 0.25) is 0 Å². The summed E-state index contributed by atoms with van der Waals surface area (Å²) in [4.78, 5) is 0. The molecule has 1 fully saturated rings. The highest BCUT2D eigenvalue weighted by Gasteiger charge is 2.44. The van der Waals surface area contributed by atoms with Crippen LogP contribution in [0, 0.1) is 0 Å². The summed E-state index contributed by atoms with van der Waals surface area (Å²) in [5.74, 6) is 1.52. The van der Waals surface area contributed by atoms with Gasteiger partial charge in [-0.15, -0.1) is 0 Å². The first-order valence-electron chi connectivity index (χ1n) is 5.99. The van der Waals surface area contributed by atoms with E-state index in [1.54, 1.807) is 0 Å². The summed E-state index contributed by atoms with van der Waals surface area (Å²) in [5.41, 5.74) is 1.49. The van der Waals surface area contributed by atoms with Gasteiger partial charge in [0.25, 0.3) is 0 Å². The molecule has 0 unspecified atom stereocenters. The third kappa shape index (κ3) is 1.74. The summed E-state index contributed by atoms with van der Waals surface area (Å²) in [5, 5.41) is 10.3. The molecule has 1 N–H and O–H groups in total. The highest BCUT2D eigenvalue weighted by atomic mass is 79.9. The van der Waals surface area contributed by atoms with Crippen molar-refractivity contribution >= 4 is 15.9 Å². The maximum atomic E-state index is 10.3. The van der Waals surface area contributed by atoms with E-state index in [1.807, 2.05) is 6.07 Å². The van der Waals surface area contributed by atoms with Crippen LogP contribution in [0.1, 0.15) is 30.9 Å². The Morgan fingerprint density at radius 3 is 2.71 bits per heavy atom. The number of rotatable bonds is 2.